The van der Waals surface area contributed by atoms with Gasteiger partial charge in [0, 0.05) is 6.92 Å². The van der Waals surface area contributed by atoms with Gasteiger partial charge < -0.3 is 0 Å². The third-order valence-electron chi connectivity index (χ3n) is 0. The van der Waals surface area contributed by atoms with Crippen molar-refractivity contribution in [1.82, 2.24) is 0 Å². The molecule has 0 saturated carbocycles. The number of rotatable bonds is 0. The minimum atomic E-state index is -0.889. The molecule has 0 aromatic heterocycles. The lowest BCUT2D eigenvalue weighted by Crippen LogP contribution is -1.62. The molecule has 2 nitrogen and oxygen atoms in total. The molecule has 0 unspecified atom stereocenters. The zero-order valence-corrected chi connectivity index (χ0v) is 8.93. The molecule has 0 aliphatic rings. The second-order valence-corrected chi connectivity index (χ2v) is 2.82. The highest BCUT2D eigenvalue weighted by molar-refractivity contribution is 6.93. The SMILES string of the molecule is CC(=O)Cl.CCC.O=C(Cl)Cl. The van der Waals surface area contributed by atoms with Gasteiger partial charge in [-0.2, -0.15) is 0 Å². The molecule has 0 aliphatic carbocycles. The largest absolute Gasteiger partial charge is 0.313 e. The Balaban J connectivity index is -0.0000000886. The molecule has 0 saturated heterocycles. The van der Waals surface area contributed by atoms with E-state index in [2.05, 4.69) is 48.7 Å². The second-order valence-electron chi connectivity index (χ2n) is 1.40. The Hall–Kier alpha value is 0.210. The highest BCUT2D eigenvalue weighted by atomic mass is 35.5. The number of carbonyl (C=O) groups excluding carboxylic acids is 2. The molecule has 0 rings (SSSR count). The summed E-state index contributed by atoms with van der Waals surface area (Å²) in [5.41, 5.74) is 0. The van der Waals surface area contributed by atoms with E-state index in [9.17, 15) is 4.79 Å². The Morgan fingerprint density at radius 3 is 1.09 bits per heavy atom. The molecule has 0 aromatic carbocycles. The van der Waals surface area contributed by atoms with Crippen molar-refractivity contribution in [3.63, 3.8) is 0 Å². The van der Waals surface area contributed by atoms with Gasteiger partial charge in [-0.25, -0.2) is 0 Å². The van der Waals surface area contributed by atoms with Crippen LogP contribution in [0, 0.1) is 0 Å². The molecule has 68 valence electrons. The van der Waals surface area contributed by atoms with Crippen LogP contribution in [0.5, 0.6) is 0 Å². The van der Waals surface area contributed by atoms with Gasteiger partial charge in [0.05, 0.1) is 0 Å². The van der Waals surface area contributed by atoms with Crippen LogP contribution >= 0.6 is 34.8 Å². The standard InChI is InChI=1S/C3H8.C2H3ClO.CCl2O/c1-3-2;1-2(3)4;2-1(3)4/h3H2,1-2H3;1H3;. The van der Waals surface area contributed by atoms with E-state index in [1.807, 2.05) is 0 Å². The van der Waals surface area contributed by atoms with Gasteiger partial charge in [0.25, 0.3) is 0 Å². The van der Waals surface area contributed by atoms with Crippen molar-refractivity contribution in [2.24, 2.45) is 0 Å². The van der Waals surface area contributed by atoms with Crippen molar-refractivity contribution < 1.29 is 9.59 Å². The summed E-state index contributed by atoms with van der Waals surface area (Å²) < 4.78 is -0.889. The predicted molar refractivity (Wildman–Crippen MR) is 49.6 cm³/mol. The second kappa shape index (κ2) is 16.7. The molecule has 11 heavy (non-hydrogen) atoms. The van der Waals surface area contributed by atoms with Crippen LogP contribution in [-0.2, 0) is 4.79 Å². The summed E-state index contributed by atoms with van der Waals surface area (Å²) in [6.07, 6.45) is 1.25. The smallest absolute Gasteiger partial charge is 0.282 e. The molecule has 0 fully saturated rings. The number of hydrogen-bond donors (Lipinski definition) is 0. The topological polar surface area (TPSA) is 34.1 Å². The van der Waals surface area contributed by atoms with Crippen molar-refractivity contribution >= 4 is 44.7 Å². The van der Waals surface area contributed by atoms with Gasteiger partial charge in [0.1, 0.15) is 0 Å². The van der Waals surface area contributed by atoms with Crippen LogP contribution in [0.2, 0.25) is 0 Å². The van der Waals surface area contributed by atoms with E-state index < -0.39 is 4.70 Å². The Labute approximate surface area is 81.8 Å². The Morgan fingerprint density at radius 2 is 1.09 bits per heavy atom. The molecular weight excluding hydrogens is 210 g/mol. The van der Waals surface area contributed by atoms with Crippen LogP contribution in [0.4, 0.5) is 4.79 Å². The average Bonchev–Trinajstić information content (AvgIpc) is 1.60. The Bertz CT molecular complexity index is 84.0. The lowest BCUT2D eigenvalue weighted by molar-refractivity contribution is -0.109. The van der Waals surface area contributed by atoms with Gasteiger partial charge in [-0.15, -0.1) is 0 Å². The van der Waals surface area contributed by atoms with E-state index in [-0.39, 0.29) is 5.24 Å². The van der Waals surface area contributed by atoms with E-state index in [1.165, 1.54) is 13.3 Å². The van der Waals surface area contributed by atoms with E-state index in [0.717, 1.165) is 0 Å². The summed E-state index contributed by atoms with van der Waals surface area (Å²) in [5, 5.41) is -0.361. The molecule has 0 atom stereocenters. The van der Waals surface area contributed by atoms with Crippen molar-refractivity contribution in [3.8, 4) is 0 Å². The minimum Gasteiger partial charge on any atom is -0.282 e. The van der Waals surface area contributed by atoms with Crippen molar-refractivity contribution in [2.75, 3.05) is 0 Å². The van der Waals surface area contributed by atoms with Gasteiger partial charge in [-0.1, -0.05) is 20.3 Å². The predicted octanol–water partition coefficient (Wildman–Crippen LogP) is 3.77. The van der Waals surface area contributed by atoms with Crippen LogP contribution in [0.15, 0.2) is 0 Å². The lowest BCUT2D eigenvalue weighted by Gasteiger charge is -1.52. The van der Waals surface area contributed by atoms with Crippen molar-refractivity contribution in [3.05, 3.63) is 0 Å². The first kappa shape index (κ1) is 17.3. The fourth-order valence-electron chi connectivity index (χ4n) is 0. The van der Waals surface area contributed by atoms with Gasteiger partial charge in [-0.3, -0.25) is 9.59 Å². The first-order chi connectivity index (χ1) is 4.88. The summed E-state index contributed by atoms with van der Waals surface area (Å²) in [6.45, 7) is 5.54. The molecule has 0 heterocycles. The molecule has 0 aliphatic heterocycles. The fourth-order valence-corrected chi connectivity index (χ4v) is 0. The summed E-state index contributed by atoms with van der Waals surface area (Å²) in [5.74, 6) is 0. The summed E-state index contributed by atoms with van der Waals surface area (Å²) in [6, 6.07) is 0. The number of carbonyl (C=O) groups is 2. The summed E-state index contributed by atoms with van der Waals surface area (Å²) in [4.78, 5) is 18.2. The quantitative estimate of drug-likeness (QED) is 0.584. The zero-order chi connectivity index (χ0) is 9.86. The van der Waals surface area contributed by atoms with Crippen LogP contribution in [0.3, 0.4) is 0 Å². The number of halogens is 3. The van der Waals surface area contributed by atoms with E-state index in [4.69, 9.17) is 4.79 Å². The van der Waals surface area contributed by atoms with Crippen LogP contribution in [0.1, 0.15) is 27.2 Å². The molecule has 0 amide bonds. The molecule has 0 spiro atoms. The molecule has 0 N–H and O–H groups in total. The summed E-state index contributed by atoms with van der Waals surface area (Å²) in [7, 11) is 0. The maximum Gasteiger partial charge on any atom is 0.313 e. The molecule has 0 aromatic rings. The van der Waals surface area contributed by atoms with Crippen LogP contribution in [-0.4, -0.2) is 9.94 Å². The lowest BCUT2D eigenvalue weighted by atomic mass is 10.6. The highest BCUT2D eigenvalue weighted by Crippen LogP contribution is 1.84. The van der Waals surface area contributed by atoms with Crippen molar-refractivity contribution in [1.29, 1.82) is 0 Å². The molecular formula is C6H11Cl3O2. The third kappa shape index (κ3) is 15600. The normalized spacial score (nSPS) is 6.36. The van der Waals surface area contributed by atoms with Crippen LogP contribution < -0.4 is 0 Å². The Morgan fingerprint density at radius 1 is 1.09 bits per heavy atom. The highest BCUT2D eigenvalue weighted by Gasteiger charge is 1.72. The Kier molecular flexibility index (Phi) is 26.3. The summed E-state index contributed by atoms with van der Waals surface area (Å²) >= 11 is 13.4. The molecule has 0 radical (unpaired) electrons. The van der Waals surface area contributed by atoms with Crippen molar-refractivity contribution in [2.45, 2.75) is 27.2 Å². The van der Waals surface area contributed by atoms with Gasteiger partial charge >= 0.3 is 4.70 Å². The monoisotopic (exact) mass is 220 g/mol. The van der Waals surface area contributed by atoms with Crippen LogP contribution in [0.25, 0.3) is 0 Å². The average molecular weight is 222 g/mol. The van der Waals surface area contributed by atoms with Gasteiger partial charge in [0.2, 0.25) is 5.24 Å². The van der Waals surface area contributed by atoms with E-state index in [1.54, 1.807) is 0 Å². The first-order valence-electron chi connectivity index (χ1n) is 2.89. The number of hydrogen-bond acceptors (Lipinski definition) is 2. The van der Waals surface area contributed by atoms with Gasteiger partial charge in [-0.05, 0) is 34.8 Å². The van der Waals surface area contributed by atoms with E-state index in [0.29, 0.717) is 0 Å². The van der Waals surface area contributed by atoms with E-state index >= 15 is 0 Å². The third-order valence-corrected chi connectivity index (χ3v) is 0. The molecule has 5 heteroatoms. The van der Waals surface area contributed by atoms with Gasteiger partial charge in [0.15, 0.2) is 0 Å². The maximum absolute atomic E-state index is 9.21. The zero-order valence-electron chi connectivity index (χ0n) is 6.66. The minimum absolute atomic E-state index is 0.361. The molecule has 0 bridgehead atoms. The first-order valence-corrected chi connectivity index (χ1v) is 4.02. The maximum atomic E-state index is 9.21. The fraction of sp³-hybridized carbons (Fsp3) is 0.667.